The molecule has 2 fully saturated rings. The molecule has 3 atom stereocenters. The summed E-state index contributed by atoms with van der Waals surface area (Å²) in [4.78, 5) is 21.9. The molecule has 0 amide bonds. The highest BCUT2D eigenvalue weighted by Gasteiger charge is 2.50. The van der Waals surface area contributed by atoms with Gasteiger partial charge in [0.15, 0.2) is 0 Å². The summed E-state index contributed by atoms with van der Waals surface area (Å²) < 4.78 is 51.0. The minimum Gasteiger partial charge on any atom is -0.480 e. The molecule has 4 heterocycles. The van der Waals surface area contributed by atoms with Gasteiger partial charge in [0, 0.05) is 37.0 Å². The molecule has 5 rings (SSSR count). The molecule has 0 radical (unpaired) electrons. The molecule has 2 saturated heterocycles. The Labute approximate surface area is 248 Å². The zero-order valence-corrected chi connectivity index (χ0v) is 24.6. The van der Waals surface area contributed by atoms with Crippen LogP contribution in [0.2, 0.25) is 0 Å². The number of hydrogen-bond donors (Lipinski definition) is 3. The van der Waals surface area contributed by atoms with E-state index in [0.717, 1.165) is 18.4 Å². The second-order valence-corrected chi connectivity index (χ2v) is 11.6. The molecule has 0 bridgehead atoms. The topological polar surface area (TPSA) is 131 Å². The zero-order valence-electron chi connectivity index (χ0n) is 24.6. The van der Waals surface area contributed by atoms with Crippen LogP contribution in [0, 0.1) is 12.3 Å². The van der Waals surface area contributed by atoms with E-state index < -0.39 is 24.3 Å². The highest BCUT2D eigenvalue weighted by atomic mass is 19.4. The first kappa shape index (κ1) is 30.6. The van der Waals surface area contributed by atoms with Crippen LogP contribution in [0.3, 0.4) is 0 Å². The minimum absolute atomic E-state index is 0.0779. The van der Waals surface area contributed by atoms with Gasteiger partial charge in [0.2, 0.25) is 17.9 Å². The van der Waals surface area contributed by atoms with Gasteiger partial charge in [-0.3, -0.25) is 4.79 Å². The maximum absolute atomic E-state index is 14.6. The molecule has 0 saturated carbocycles. The van der Waals surface area contributed by atoms with Gasteiger partial charge in [0.25, 0.3) is 0 Å². The fraction of sp³-hybridized carbons (Fsp3) is 0.533. The van der Waals surface area contributed by atoms with E-state index in [1.807, 2.05) is 18.7 Å². The lowest BCUT2D eigenvalue weighted by molar-refractivity contribution is -0.198. The molecule has 4 N–H and O–H groups in total. The Hall–Kier alpha value is -3.87. The van der Waals surface area contributed by atoms with E-state index in [-0.39, 0.29) is 34.5 Å². The molecular formula is C30H38F3N7O3. The second kappa shape index (κ2) is 12.0. The van der Waals surface area contributed by atoms with E-state index in [9.17, 15) is 23.1 Å². The lowest BCUT2D eigenvalue weighted by atomic mass is 9.71. The highest BCUT2D eigenvalue weighted by Crippen LogP contribution is 2.46. The number of aliphatic carboxylic acids is 1. The number of nitrogens with two attached hydrogens (primary N) is 1. The van der Waals surface area contributed by atoms with Crippen molar-refractivity contribution in [1.29, 1.82) is 0 Å². The summed E-state index contributed by atoms with van der Waals surface area (Å²) in [5.74, 6) is -0.971. The molecule has 232 valence electrons. The van der Waals surface area contributed by atoms with Crippen molar-refractivity contribution in [3.8, 4) is 11.6 Å². The van der Waals surface area contributed by atoms with Crippen molar-refractivity contribution in [2.75, 3.05) is 23.7 Å². The molecule has 0 aliphatic carbocycles. The van der Waals surface area contributed by atoms with Crippen LogP contribution in [0.25, 0.3) is 5.69 Å². The summed E-state index contributed by atoms with van der Waals surface area (Å²) in [6, 6.07) is 7.45. The van der Waals surface area contributed by atoms with Crippen molar-refractivity contribution in [3.05, 3.63) is 53.3 Å². The van der Waals surface area contributed by atoms with Crippen molar-refractivity contribution in [2.24, 2.45) is 5.41 Å². The van der Waals surface area contributed by atoms with Crippen LogP contribution < -0.4 is 20.7 Å². The summed E-state index contributed by atoms with van der Waals surface area (Å²) in [5.41, 5.74) is 7.56. The van der Waals surface area contributed by atoms with Gasteiger partial charge in [0.05, 0.1) is 11.4 Å². The largest absolute Gasteiger partial charge is 0.480 e. The number of alkyl halides is 3. The summed E-state index contributed by atoms with van der Waals surface area (Å²) in [7, 11) is 0. The smallest absolute Gasteiger partial charge is 0.429 e. The zero-order chi connectivity index (χ0) is 30.9. The average molecular weight is 602 g/mol. The number of nitrogens with one attached hydrogen (secondary N) is 1. The van der Waals surface area contributed by atoms with Crippen molar-refractivity contribution >= 4 is 17.7 Å². The predicted molar refractivity (Wildman–Crippen MR) is 155 cm³/mol. The number of benzene rings is 1. The van der Waals surface area contributed by atoms with E-state index in [2.05, 4.69) is 20.4 Å². The minimum atomic E-state index is -4.77. The van der Waals surface area contributed by atoms with E-state index in [0.29, 0.717) is 50.3 Å². The number of anilines is 2. The maximum Gasteiger partial charge on any atom is 0.429 e. The van der Waals surface area contributed by atoms with Gasteiger partial charge in [-0.15, -0.1) is 0 Å². The Kier molecular flexibility index (Phi) is 8.55. The number of nitrogen functional groups attached to an aromatic ring is 1. The van der Waals surface area contributed by atoms with Gasteiger partial charge in [-0.2, -0.15) is 28.2 Å². The van der Waals surface area contributed by atoms with Crippen LogP contribution in [0.5, 0.6) is 5.88 Å². The van der Waals surface area contributed by atoms with Gasteiger partial charge < -0.3 is 25.8 Å². The first-order chi connectivity index (χ1) is 20.4. The molecular weight excluding hydrogens is 563 g/mol. The first-order valence-electron chi connectivity index (χ1n) is 14.7. The maximum atomic E-state index is 14.6. The molecule has 2 aliphatic rings. The summed E-state index contributed by atoms with van der Waals surface area (Å²) in [5, 5.41) is 17.2. The SMILES string of the molecule is CCCc1ccc([C@@H](Oc2cc(N3CCC4(CC3)CC(C(=O)O)NC4CC)nc(N)n2)C(F)(F)F)c(-n2ccc(C)n2)c1. The van der Waals surface area contributed by atoms with Gasteiger partial charge in [-0.1, -0.05) is 32.4 Å². The number of nitrogens with zero attached hydrogens (tertiary/aromatic N) is 5. The molecule has 2 aliphatic heterocycles. The fourth-order valence-electron chi connectivity index (χ4n) is 6.55. The van der Waals surface area contributed by atoms with Crippen molar-refractivity contribution in [3.63, 3.8) is 0 Å². The lowest BCUT2D eigenvalue weighted by Crippen LogP contribution is -2.46. The van der Waals surface area contributed by atoms with Crippen LogP contribution in [0.15, 0.2) is 36.5 Å². The van der Waals surface area contributed by atoms with Crippen molar-refractivity contribution in [1.82, 2.24) is 25.1 Å². The number of rotatable bonds is 9. The molecule has 43 heavy (non-hydrogen) atoms. The fourth-order valence-corrected chi connectivity index (χ4v) is 6.55. The van der Waals surface area contributed by atoms with Gasteiger partial charge in [0.1, 0.15) is 11.9 Å². The number of carboxylic acids is 1. The number of carboxylic acid groups (broad SMARTS) is 1. The number of carbonyl (C=O) groups is 1. The van der Waals surface area contributed by atoms with Crippen LogP contribution in [-0.4, -0.2) is 62.2 Å². The Morgan fingerprint density at radius 2 is 1.95 bits per heavy atom. The van der Waals surface area contributed by atoms with Crippen molar-refractivity contribution in [2.45, 2.75) is 83.7 Å². The predicted octanol–water partition coefficient (Wildman–Crippen LogP) is 5.00. The summed E-state index contributed by atoms with van der Waals surface area (Å²) in [6.07, 6.45) is -1.16. The number of piperidine rings is 1. The van der Waals surface area contributed by atoms with Crippen LogP contribution in [0.1, 0.15) is 68.9 Å². The summed E-state index contributed by atoms with van der Waals surface area (Å²) >= 11 is 0. The average Bonchev–Trinajstić information content (AvgIpc) is 3.55. The van der Waals surface area contributed by atoms with Crippen LogP contribution in [-0.2, 0) is 11.2 Å². The number of hydrogen-bond acceptors (Lipinski definition) is 8. The number of aryl methyl sites for hydroxylation is 2. The molecule has 13 heteroatoms. The van der Waals surface area contributed by atoms with Crippen LogP contribution in [0.4, 0.5) is 24.9 Å². The van der Waals surface area contributed by atoms with Gasteiger partial charge in [-0.05, 0) is 62.1 Å². The standard InChI is InChI=1S/C30H38F3N7O3/c1-4-6-19-7-8-20(22(15-19)40-12-9-18(3)38-40)26(30(31,32)33)43-25-16-24(36-28(34)37-25)39-13-10-29(11-14-39)17-21(27(41)42)35-23(29)5-2/h7-9,12,15-16,21,23,26,35H,4-6,10-11,13-14,17H2,1-3H3,(H,41,42)(H2,34,36,37)/t21?,23?,26-/m1/s1. The molecule has 3 aromatic rings. The Morgan fingerprint density at radius 1 is 1.21 bits per heavy atom. The molecule has 10 nitrogen and oxygen atoms in total. The third-order valence-electron chi connectivity index (χ3n) is 8.67. The third-order valence-corrected chi connectivity index (χ3v) is 8.67. The van der Waals surface area contributed by atoms with Crippen LogP contribution >= 0.6 is 0 Å². The second-order valence-electron chi connectivity index (χ2n) is 11.6. The van der Waals surface area contributed by atoms with Gasteiger partial charge in [-0.25, -0.2) is 4.68 Å². The van der Waals surface area contributed by atoms with E-state index in [1.165, 1.54) is 16.8 Å². The molecule has 2 aromatic heterocycles. The first-order valence-corrected chi connectivity index (χ1v) is 14.7. The Morgan fingerprint density at radius 3 is 2.56 bits per heavy atom. The monoisotopic (exact) mass is 601 g/mol. The summed E-state index contributed by atoms with van der Waals surface area (Å²) in [6.45, 7) is 6.91. The Balaban J connectivity index is 1.42. The molecule has 1 spiro atoms. The van der Waals surface area contributed by atoms with E-state index in [4.69, 9.17) is 10.5 Å². The molecule has 2 unspecified atom stereocenters. The normalized spacial score (nSPS) is 20.8. The van der Waals surface area contributed by atoms with E-state index in [1.54, 1.807) is 31.3 Å². The Bertz CT molecular complexity index is 1450. The van der Waals surface area contributed by atoms with Crippen molar-refractivity contribution < 1.29 is 27.8 Å². The third kappa shape index (κ3) is 6.41. The highest BCUT2D eigenvalue weighted by molar-refractivity contribution is 5.74. The number of halogens is 3. The lowest BCUT2D eigenvalue weighted by Gasteiger charge is -2.43. The quantitative estimate of drug-likeness (QED) is 0.310. The number of aromatic nitrogens is 4. The molecule has 1 aromatic carbocycles. The number of ether oxygens (including phenoxy) is 1. The van der Waals surface area contributed by atoms with Gasteiger partial charge >= 0.3 is 12.1 Å². The van der Waals surface area contributed by atoms with E-state index >= 15 is 0 Å².